The van der Waals surface area contributed by atoms with Crippen molar-refractivity contribution >= 4 is 23.5 Å². The van der Waals surface area contributed by atoms with E-state index < -0.39 is 0 Å². The number of hydrogen-bond donors (Lipinski definition) is 0. The lowest BCUT2D eigenvalue weighted by Crippen LogP contribution is -1.99. The lowest BCUT2D eigenvalue weighted by molar-refractivity contribution is 0.896. The monoisotopic (exact) mass is 272 g/mol. The minimum absolute atomic E-state index is 0.706. The second-order valence-electron chi connectivity index (χ2n) is 4.67. The third-order valence-corrected chi connectivity index (χ3v) is 5.70. The molecule has 2 heteroatoms. The zero-order chi connectivity index (χ0) is 12.4. The highest BCUT2D eigenvalue weighted by molar-refractivity contribution is 8.00. The second-order valence-corrected chi connectivity index (χ2v) is 6.83. The maximum absolute atomic E-state index is 2.29. The molecule has 2 aromatic carbocycles. The van der Waals surface area contributed by atoms with Crippen molar-refractivity contribution in [1.82, 2.24) is 0 Å². The van der Waals surface area contributed by atoms with Gasteiger partial charge in [-0.15, -0.1) is 23.5 Å². The number of rotatable bonds is 3. The summed E-state index contributed by atoms with van der Waals surface area (Å²) in [6.45, 7) is 2.14. The van der Waals surface area contributed by atoms with Gasteiger partial charge in [-0.2, -0.15) is 0 Å². The zero-order valence-electron chi connectivity index (χ0n) is 10.4. The highest BCUT2D eigenvalue weighted by Crippen LogP contribution is 2.41. The lowest BCUT2D eigenvalue weighted by Gasteiger charge is -2.10. The van der Waals surface area contributed by atoms with E-state index in [1.807, 2.05) is 23.5 Å². The molecule has 0 aromatic heterocycles. The van der Waals surface area contributed by atoms with Crippen molar-refractivity contribution in [1.29, 1.82) is 0 Å². The van der Waals surface area contributed by atoms with Crippen LogP contribution in [0.4, 0.5) is 0 Å². The average molecular weight is 272 g/mol. The minimum atomic E-state index is 0.706. The molecule has 1 unspecified atom stereocenters. The molecule has 0 saturated heterocycles. The first kappa shape index (κ1) is 12.2. The summed E-state index contributed by atoms with van der Waals surface area (Å²) in [5, 5.41) is 0. The molecule has 1 heterocycles. The normalized spacial score (nSPS) is 17.7. The third-order valence-electron chi connectivity index (χ3n) is 3.27. The summed E-state index contributed by atoms with van der Waals surface area (Å²) >= 11 is 3.98. The number of benzene rings is 2. The third kappa shape index (κ3) is 2.60. The molecule has 0 bridgehead atoms. The Morgan fingerprint density at radius 2 is 1.89 bits per heavy atom. The number of aryl methyl sites for hydroxylation is 1. The summed E-state index contributed by atoms with van der Waals surface area (Å²) in [5.74, 6) is 3.13. The lowest BCUT2D eigenvalue weighted by atomic mass is 10.0. The maximum Gasteiger partial charge on any atom is 0.0108 e. The van der Waals surface area contributed by atoms with Crippen molar-refractivity contribution in [3.8, 4) is 0 Å². The van der Waals surface area contributed by atoms with Gasteiger partial charge < -0.3 is 0 Å². The molecule has 1 aliphatic rings. The van der Waals surface area contributed by atoms with E-state index in [-0.39, 0.29) is 0 Å². The van der Waals surface area contributed by atoms with Crippen LogP contribution in [0.15, 0.2) is 58.3 Å². The molecule has 2 aromatic rings. The fourth-order valence-corrected chi connectivity index (χ4v) is 4.62. The van der Waals surface area contributed by atoms with Gasteiger partial charge in [0.05, 0.1) is 0 Å². The van der Waals surface area contributed by atoms with Gasteiger partial charge in [0.15, 0.2) is 0 Å². The highest BCUT2D eigenvalue weighted by Gasteiger charge is 2.22. The number of fused-ring (bicyclic) bond motifs is 1. The van der Waals surface area contributed by atoms with Crippen molar-refractivity contribution < 1.29 is 0 Å². The van der Waals surface area contributed by atoms with Gasteiger partial charge >= 0.3 is 0 Å². The standard InChI is InChI=1S/C16H16S2/c1-12-6-8-14(9-7-12)17-10-13-11-18-16-5-3-2-4-15(13)16/h2-9,13H,10-11H2,1H3. The van der Waals surface area contributed by atoms with E-state index in [1.165, 1.54) is 26.9 Å². The second kappa shape index (κ2) is 5.41. The van der Waals surface area contributed by atoms with Crippen LogP contribution in [0.3, 0.4) is 0 Å². The van der Waals surface area contributed by atoms with Crippen LogP contribution in [0.5, 0.6) is 0 Å². The molecule has 0 saturated carbocycles. The zero-order valence-corrected chi connectivity index (χ0v) is 12.1. The summed E-state index contributed by atoms with van der Waals surface area (Å²) in [4.78, 5) is 2.86. The van der Waals surface area contributed by atoms with Crippen molar-refractivity contribution in [2.24, 2.45) is 0 Å². The van der Waals surface area contributed by atoms with Crippen LogP contribution >= 0.6 is 23.5 Å². The molecule has 0 fully saturated rings. The summed E-state index contributed by atoms with van der Waals surface area (Å²) in [6.07, 6.45) is 0. The van der Waals surface area contributed by atoms with Crippen molar-refractivity contribution in [2.75, 3.05) is 11.5 Å². The number of hydrogen-bond acceptors (Lipinski definition) is 2. The molecule has 0 aliphatic carbocycles. The van der Waals surface area contributed by atoms with Crippen LogP contribution in [0, 0.1) is 6.92 Å². The Labute approximate surface area is 117 Å². The molecule has 0 amide bonds. The minimum Gasteiger partial charge on any atom is -0.126 e. The van der Waals surface area contributed by atoms with E-state index in [1.54, 1.807) is 5.56 Å². The van der Waals surface area contributed by atoms with Gasteiger partial charge in [-0.1, -0.05) is 35.9 Å². The Morgan fingerprint density at radius 3 is 2.72 bits per heavy atom. The molecule has 1 aliphatic heterocycles. The predicted octanol–water partition coefficient (Wildman–Crippen LogP) is 4.98. The van der Waals surface area contributed by atoms with Crippen LogP contribution in [0.25, 0.3) is 0 Å². The van der Waals surface area contributed by atoms with Crippen LogP contribution < -0.4 is 0 Å². The first-order valence-corrected chi connectivity index (χ1v) is 8.21. The van der Waals surface area contributed by atoms with Gasteiger partial charge in [-0.25, -0.2) is 0 Å². The fourth-order valence-electron chi connectivity index (χ4n) is 2.20. The SMILES string of the molecule is Cc1ccc(SCC2CSc3ccccc32)cc1. The van der Waals surface area contributed by atoms with Crippen LogP contribution in [0.2, 0.25) is 0 Å². The Kier molecular flexibility index (Phi) is 3.67. The van der Waals surface area contributed by atoms with Crippen LogP contribution in [-0.4, -0.2) is 11.5 Å². The van der Waals surface area contributed by atoms with E-state index in [0.29, 0.717) is 5.92 Å². The van der Waals surface area contributed by atoms with Gasteiger partial charge in [0.25, 0.3) is 0 Å². The molecular weight excluding hydrogens is 256 g/mol. The average Bonchev–Trinajstić information content (AvgIpc) is 2.82. The van der Waals surface area contributed by atoms with Crippen molar-refractivity contribution in [3.63, 3.8) is 0 Å². The van der Waals surface area contributed by atoms with Crippen LogP contribution in [0.1, 0.15) is 17.0 Å². The van der Waals surface area contributed by atoms with E-state index in [9.17, 15) is 0 Å². The maximum atomic E-state index is 2.29. The quantitative estimate of drug-likeness (QED) is 0.723. The van der Waals surface area contributed by atoms with Gasteiger partial charge in [-0.05, 0) is 30.7 Å². The van der Waals surface area contributed by atoms with E-state index in [2.05, 4.69) is 55.5 Å². The smallest absolute Gasteiger partial charge is 0.0108 e. The Balaban J connectivity index is 1.67. The van der Waals surface area contributed by atoms with E-state index in [4.69, 9.17) is 0 Å². The first-order valence-electron chi connectivity index (χ1n) is 6.24. The molecule has 0 N–H and O–H groups in total. The van der Waals surface area contributed by atoms with Gasteiger partial charge in [0.2, 0.25) is 0 Å². The van der Waals surface area contributed by atoms with Gasteiger partial charge in [0, 0.05) is 27.2 Å². The molecule has 18 heavy (non-hydrogen) atoms. The van der Waals surface area contributed by atoms with E-state index in [0.717, 1.165) is 0 Å². The Bertz CT molecular complexity index is 531. The summed E-state index contributed by atoms with van der Waals surface area (Å²) in [6, 6.07) is 17.7. The van der Waals surface area contributed by atoms with E-state index >= 15 is 0 Å². The topological polar surface area (TPSA) is 0 Å². The molecule has 92 valence electrons. The molecule has 0 radical (unpaired) electrons. The predicted molar refractivity (Wildman–Crippen MR) is 81.8 cm³/mol. The highest BCUT2D eigenvalue weighted by atomic mass is 32.2. The fraction of sp³-hybridized carbons (Fsp3) is 0.250. The molecule has 0 spiro atoms. The summed E-state index contributed by atoms with van der Waals surface area (Å²) < 4.78 is 0. The van der Waals surface area contributed by atoms with Crippen molar-refractivity contribution in [3.05, 3.63) is 59.7 Å². The Morgan fingerprint density at radius 1 is 1.11 bits per heavy atom. The Hall–Kier alpha value is -0.860. The van der Waals surface area contributed by atoms with Crippen LogP contribution in [-0.2, 0) is 0 Å². The molecular formula is C16H16S2. The molecule has 1 atom stereocenters. The molecule has 3 rings (SSSR count). The molecule has 0 nitrogen and oxygen atoms in total. The van der Waals surface area contributed by atoms with Crippen molar-refractivity contribution in [2.45, 2.75) is 22.6 Å². The largest absolute Gasteiger partial charge is 0.126 e. The summed E-state index contributed by atoms with van der Waals surface area (Å²) in [7, 11) is 0. The number of thioether (sulfide) groups is 2. The van der Waals surface area contributed by atoms with Gasteiger partial charge in [0.1, 0.15) is 0 Å². The van der Waals surface area contributed by atoms with Gasteiger partial charge in [-0.3, -0.25) is 0 Å². The first-order chi connectivity index (χ1) is 8.83. The summed E-state index contributed by atoms with van der Waals surface area (Å²) in [5.41, 5.74) is 2.88.